The third kappa shape index (κ3) is 2.06. The van der Waals surface area contributed by atoms with Crippen molar-refractivity contribution >= 4 is 0 Å². The van der Waals surface area contributed by atoms with E-state index in [0.717, 1.165) is 18.3 Å². The zero-order valence-corrected chi connectivity index (χ0v) is 9.00. The molecule has 6 heteroatoms. The molecule has 0 aliphatic carbocycles. The second-order valence-electron chi connectivity index (χ2n) is 3.64. The number of hydrogen-bond donors (Lipinski definition) is 1. The first-order valence-corrected chi connectivity index (χ1v) is 5.00. The van der Waals surface area contributed by atoms with E-state index < -0.39 is 29.3 Å². The Kier molecular flexibility index (Phi) is 3.29. The van der Waals surface area contributed by atoms with Gasteiger partial charge in [0, 0.05) is 17.3 Å². The third-order valence-corrected chi connectivity index (χ3v) is 2.54. The van der Waals surface area contributed by atoms with Crippen molar-refractivity contribution in [2.24, 2.45) is 5.73 Å². The van der Waals surface area contributed by atoms with E-state index in [0.29, 0.717) is 0 Å². The molecule has 1 unspecified atom stereocenters. The highest BCUT2D eigenvalue weighted by atomic mass is 19.2. The zero-order valence-electron chi connectivity index (χ0n) is 9.00. The van der Waals surface area contributed by atoms with Crippen LogP contribution in [0.1, 0.15) is 17.2 Å². The summed E-state index contributed by atoms with van der Waals surface area (Å²) in [6.07, 6.45) is 2.18. The van der Waals surface area contributed by atoms with Crippen LogP contribution in [0, 0.1) is 23.3 Å². The molecule has 2 nitrogen and oxygen atoms in total. The van der Waals surface area contributed by atoms with Gasteiger partial charge in [0.2, 0.25) is 0 Å². The lowest BCUT2D eigenvalue weighted by molar-refractivity contribution is 0.437. The Labute approximate surface area is 100 Å². The van der Waals surface area contributed by atoms with Crippen LogP contribution in [0.5, 0.6) is 0 Å². The maximum Gasteiger partial charge on any atom is 0.194 e. The summed E-state index contributed by atoms with van der Waals surface area (Å²) in [4.78, 5) is 3.52. The van der Waals surface area contributed by atoms with E-state index >= 15 is 0 Å². The summed E-state index contributed by atoms with van der Waals surface area (Å²) in [5.74, 6) is -5.11. The number of aromatic nitrogens is 1. The Hall–Kier alpha value is -1.95. The molecule has 0 saturated carbocycles. The highest BCUT2D eigenvalue weighted by Crippen LogP contribution is 2.26. The highest BCUT2D eigenvalue weighted by molar-refractivity contribution is 5.32. The number of halogens is 4. The van der Waals surface area contributed by atoms with Crippen molar-refractivity contribution in [2.75, 3.05) is 0 Å². The average Bonchev–Trinajstić information content (AvgIpc) is 2.36. The largest absolute Gasteiger partial charge is 0.320 e. The quantitative estimate of drug-likeness (QED) is 0.662. The maximum atomic E-state index is 13.5. The van der Waals surface area contributed by atoms with Crippen molar-refractivity contribution in [3.05, 3.63) is 65.0 Å². The van der Waals surface area contributed by atoms with Gasteiger partial charge in [0.1, 0.15) is 5.82 Å². The van der Waals surface area contributed by atoms with E-state index in [2.05, 4.69) is 4.98 Å². The molecule has 0 radical (unpaired) electrons. The first-order valence-electron chi connectivity index (χ1n) is 5.00. The summed E-state index contributed by atoms with van der Waals surface area (Å²) >= 11 is 0. The van der Waals surface area contributed by atoms with Crippen molar-refractivity contribution in [1.29, 1.82) is 0 Å². The summed E-state index contributed by atoms with van der Waals surface area (Å²) in [5.41, 5.74) is 5.27. The fraction of sp³-hybridized carbons (Fsp3) is 0.0833. The Morgan fingerprint density at radius 3 is 2.28 bits per heavy atom. The summed E-state index contributed by atoms with van der Waals surface area (Å²) < 4.78 is 52.7. The molecule has 0 aliphatic rings. The van der Waals surface area contributed by atoms with Crippen LogP contribution < -0.4 is 5.73 Å². The molecule has 94 valence electrons. The molecule has 18 heavy (non-hydrogen) atoms. The van der Waals surface area contributed by atoms with Crippen LogP contribution in [0.2, 0.25) is 0 Å². The standard InChI is InChI=1S/C12H8F4N2/c13-8-2-1-7(10(15)11(8)16)12(17)6-3-4-18-5-9(6)14/h1-5,12H,17H2. The molecular formula is C12H8F4N2. The van der Waals surface area contributed by atoms with Crippen LogP contribution in [0.4, 0.5) is 17.6 Å². The van der Waals surface area contributed by atoms with Gasteiger partial charge >= 0.3 is 0 Å². The molecule has 2 rings (SSSR count). The van der Waals surface area contributed by atoms with Gasteiger partial charge in [-0.05, 0) is 12.1 Å². The smallest absolute Gasteiger partial charge is 0.194 e. The Morgan fingerprint density at radius 1 is 0.889 bits per heavy atom. The van der Waals surface area contributed by atoms with Crippen LogP contribution in [0.15, 0.2) is 30.6 Å². The Bertz CT molecular complexity index is 586. The lowest BCUT2D eigenvalue weighted by atomic mass is 9.99. The number of pyridine rings is 1. The van der Waals surface area contributed by atoms with Crippen molar-refractivity contribution in [2.45, 2.75) is 6.04 Å². The van der Waals surface area contributed by atoms with Gasteiger partial charge in [-0.15, -0.1) is 0 Å². The molecular weight excluding hydrogens is 248 g/mol. The fourth-order valence-electron chi connectivity index (χ4n) is 1.59. The number of nitrogens with zero attached hydrogens (tertiary/aromatic N) is 1. The minimum atomic E-state index is -1.63. The van der Waals surface area contributed by atoms with Crippen LogP contribution in [-0.2, 0) is 0 Å². The van der Waals surface area contributed by atoms with E-state index in [1.807, 2.05) is 0 Å². The van der Waals surface area contributed by atoms with E-state index in [9.17, 15) is 17.6 Å². The van der Waals surface area contributed by atoms with Gasteiger partial charge in [-0.2, -0.15) is 0 Å². The molecule has 1 atom stereocenters. The molecule has 1 aromatic heterocycles. The molecule has 0 spiro atoms. The van der Waals surface area contributed by atoms with Crippen molar-refractivity contribution in [3.8, 4) is 0 Å². The molecule has 2 aromatic rings. The number of benzene rings is 1. The van der Waals surface area contributed by atoms with Crippen LogP contribution >= 0.6 is 0 Å². The van der Waals surface area contributed by atoms with Gasteiger partial charge in [0.25, 0.3) is 0 Å². The first kappa shape index (κ1) is 12.5. The molecule has 0 saturated heterocycles. The average molecular weight is 256 g/mol. The van der Waals surface area contributed by atoms with Crippen LogP contribution in [-0.4, -0.2) is 4.98 Å². The van der Waals surface area contributed by atoms with Gasteiger partial charge in [-0.25, -0.2) is 17.6 Å². The molecule has 0 amide bonds. The van der Waals surface area contributed by atoms with Gasteiger partial charge in [0.15, 0.2) is 17.5 Å². The summed E-state index contributed by atoms with van der Waals surface area (Å²) in [6.45, 7) is 0. The van der Waals surface area contributed by atoms with E-state index in [-0.39, 0.29) is 11.1 Å². The van der Waals surface area contributed by atoms with Crippen molar-refractivity contribution in [3.63, 3.8) is 0 Å². The van der Waals surface area contributed by atoms with Crippen LogP contribution in [0.25, 0.3) is 0 Å². The first-order chi connectivity index (χ1) is 8.52. The van der Waals surface area contributed by atoms with E-state index in [4.69, 9.17) is 5.73 Å². The zero-order chi connectivity index (χ0) is 13.3. The monoisotopic (exact) mass is 256 g/mol. The number of nitrogens with two attached hydrogens (primary N) is 1. The lowest BCUT2D eigenvalue weighted by Gasteiger charge is -2.14. The van der Waals surface area contributed by atoms with Crippen molar-refractivity contribution < 1.29 is 17.6 Å². The van der Waals surface area contributed by atoms with Crippen molar-refractivity contribution in [1.82, 2.24) is 4.98 Å². The Balaban J connectivity index is 2.50. The molecule has 0 aliphatic heterocycles. The van der Waals surface area contributed by atoms with Crippen LogP contribution in [0.3, 0.4) is 0 Å². The molecule has 1 aromatic carbocycles. The van der Waals surface area contributed by atoms with Gasteiger partial charge in [0.05, 0.1) is 12.2 Å². The van der Waals surface area contributed by atoms with E-state index in [1.165, 1.54) is 12.3 Å². The summed E-state index contributed by atoms with van der Waals surface area (Å²) in [6, 6.07) is 1.74. The maximum absolute atomic E-state index is 13.5. The summed E-state index contributed by atoms with van der Waals surface area (Å²) in [7, 11) is 0. The summed E-state index contributed by atoms with van der Waals surface area (Å²) in [5, 5.41) is 0. The van der Waals surface area contributed by atoms with E-state index in [1.54, 1.807) is 0 Å². The second kappa shape index (κ2) is 4.73. The SMILES string of the molecule is NC(c1ccncc1F)c1ccc(F)c(F)c1F. The lowest BCUT2D eigenvalue weighted by Crippen LogP contribution is -2.16. The highest BCUT2D eigenvalue weighted by Gasteiger charge is 2.21. The third-order valence-electron chi connectivity index (χ3n) is 2.54. The minimum absolute atomic E-state index is 0.0464. The molecule has 2 N–H and O–H groups in total. The molecule has 1 heterocycles. The predicted molar refractivity (Wildman–Crippen MR) is 56.5 cm³/mol. The minimum Gasteiger partial charge on any atom is -0.320 e. The normalized spacial score (nSPS) is 12.5. The van der Waals surface area contributed by atoms with Gasteiger partial charge < -0.3 is 5.73 Å². The number of hydrogen-bond acceptors (Lipinski definition) is 2. The molecule has 0 fully saturated rings. The predicted octanol–water partition coefficient (Wildman–Crippen LogP) is 2.69. The van der Waals surface area contributed by atoms with Gasteiger partial charge in [-0.3, -0.25) is 4.98 Å². The Morgan fingerprint density at radius 2 is 1.61 bits per heavy atom. The second-order valence-corrected chi connectivity index (χ2v) is 3.64. The number of rotatable bonds is 2. The molecule has 0 bridgehead atoms. The fourth-order valence-corrected chi connectivity index (χ4v) is 1.59. The van der Waals surface area contributed by atoms with Gasteiger partial charge in [-0.1, -0.05) is 6.07 Å². The topological polar surface area (TPSA) is 38.9 Å².